The third-order valence-electron chi connectivity index (χ3n) is 3.08. The zero-order chi connectivity index (χ0) is 15.7. The molecule has 0 aliphatic heterocycles. The number of carbonyl (C=O) groups is 1. The van der Waals surface area contributed by atoms with Gasteiger partial charge in [0.2, 0.25) is 5.91 Å². The standard InChI is InChI=1S/C15H22FNO2S2/c1-21-10-2-3-14(18)17(15(19)8-9-20)11-12-4-6-13(16)7-5-12/h4-7,14,18,20H,2-3,8-11H2,1H3. The summed E-state index contributed by atoms with van der Waals surface area (Å²) in [6.45, 7) is 0.285. The van der Waals surface area contributed by atoms with E-state index >= 15 is 0 Å². The molecule has 1 atom stereocenters. The van der Waals surface area contributed by atoms with Crippen LogP contribution in [0.1, 0.15) is 24.8 Å². The van der Waals surface area contributed by atoms with Gasteiger partial charge in [0.05, 0.1) is 0 Å². The number of carbonyl (C=O) groups excluding carboxylic acids is 1. The van der Waals surface area contributed by atoms with Gasteiger partial charge in [-0.25, -0.2) is 4.39 Å². The highest BCUT2D eigenvalue weighted by molar-refractivity contribution is 7.98. The number of thiol groups is 1. The van der Waals surface area contributed by atoms with E-state index < -0.39 is 6.23 Å². The Hall–Kier alpha value is -0.720. The molecule has 118 valence electrons. The van der Waals surface area contributed by atoms with Gasteiger partial charge in [-0.15, -0.1) is 0 Å². The molecule has 0 aliphatic rings. The normalized spacial score (nSPS) is 12.2. The van der Waals surface area contributed by atoms with Crippen LogP contribution in [-0.2, 0) is 11.3 Å². The second kappa shape index (κ2) is 10.1. The van der Waals surface area contributed by atoms with E-state index in [1.807, 2.05) is 6.26 Å². The lowest BCUT2D eigenvalue weighted by molar-refractivity contribution is -0.142. The Balaban J connectivity index is 2.71. The summed E-state index contributed by atoms with van der Waals surface area (Å²) in [5.74, 6) is 0.942. The smallest absolute Gasteiger partial charge is 0.225 e. The molecule has 6 heteroatoms. The first-order chi connectivity index (χ1) is 10.1. The van der Waals surface area contributed by atoms with Gasteiger partial charge in [0.25, 0.3) is 0 Å². The van der Waals surface area contributed by atoms with Gasteiger partial charge in [-0.05, 0) is 48.3 Å². The molecule has 0 fully saturated rings. The van der Waals surface area contributed by atoms with Gasteiger partial charge in [0.15, 0.2) is 0 Å². The van der Waals surface area contributed by atoms with Crippen LogP contribution in [0.4, 0.5) is 4.39 Å². The molecule has 0 radical (unpaired) electrons. The summed E-state index contributed by atoms with van der Waals surface area (Å²) in [6, 6.07) is 5.98. The van der Waals surface area contributed by atoms with Crippen LogP contribution in [0.2, 0.25) is 0 Å². The maximum Gasteiger partial charge on any atom is 0.225 e. The van der Waals surface area contributed by atoms with Crippen molar-refractivity contribution in [1.82, 2.24) is 4.90 Å². The molecule has 0 bridgehead atoms. The van der Waals surface area contributed by atoms with Crippen molar-refractivity contribution in [3.8, 4) is 0 Å². The van der Waals surface area contributed by atoms with E-state index in [0.29, 0.717) is 12.2 Å². The summed E-state index contributed by atoms with van der Waals surface area (Å²) in [7, 11) is 0. The van der Waals surface area contributed by atoms with Gasteiger partial charge in [0.1, 0.15) is 12.0 Å². The topological polar surface area (TPSA) is 40.5 Å². The van der Waals surface area contributed by atoms with Crippen LogP contribution < -0.4 is 0 Å². The Morgan fingerprint density at radius 2 is 2.10 bits per heavy atom. The molecule has 0 spiro atoms. The highest BCUT2D eigenvalue weighted by atomic mass is 32.2. The number of benzene rings is 1. The van der Waals surface area contributed by atoms with Crippen molar-refractivity contribution >= 4 is 30.3 Å². The minimum absolute atomic E-state index is 0.133. The van der Waals surface area contributed by atoms with Crippen LogP contribution in [0.5, 0.6) is 0 Å². The molecule has 21 heavy (non-hydrogen) atoms. The van der Waals surface area contributed by atoms with Gasteiger partial charge in [-0.2, -0.15) is 24.4 Å². The summed E-state index contributed by atoms with van der Waals surface area (Å²) >= 11 is 5.78. The second-order valence-electron chi connectivity index (χ2n) is 4.74. The van der Waals surface area contributed by atoms with Gasteiger partial charge >= 0.3 is 0 Å². The molecular weight excluding hydrogens is 309 g/mol. The van der Waals surface area contributed by atoms with Crippen LogP contribution in [0.25, 0.3) is 0 Å². The van der Waals surface area contributed by atoms with Crippen molar-refractivity contribution in [3.05, 3.63) is 35.6 Å². The second-order valence-corrected chi connectivity index (χ2v) is 6.17. The number of nitrogens with zero attached hydrogens (tertiary/aromatic N) is 1. The van der Waals surface area contributed by atoms with E-state index in [9.17, 15) is 14.3 Å². The summed E-state index contributed by atoms with van der Waals surface area (Å²) in [6.07, 6.45) is 2.87. The zero-order valence-electron chi connectivity index (χ0n) is 12.2. The van der Waals surface area contributed by atoms with Crippen LogP contribution >= 0.6 is 24.4 Å². The molecule has 0 heterocycles. The Morgan fingerprint density at radius 3 is 2.67 bits per heavy atom. The molecule has 0 saturated heterocycles. The van der Waals surface area contributed by atoms with Gasteiger partial charge in [-0.1, -0.05) is 12.1 Å². The minimum Gasteiger partial charge on any atom is -0.374 e. The highest BCUT2D eigenvalue weighted by Gasteiger charge is 2.21. The van der Waals surface area contributed by atoms with E-state index in [1.54, 1.807) is 23.9 Å². The number of halogens is 1. The van der Waals surface area contributed by atoms with Gasteiger partial charge < -0.3 is 10.0 Å². The maximum atomic E-state index is 12.9. The van der Waals surface area contributed by atoms with Crippen molar-refractivity contribution in [3.63, 3.8) is 0 Å². The first-order valence-electron chi connectivity index (χ1n) is 6.90. The summed E-state index contributed by atoms with van der Waals surface area (Å²) < 4.78 is 12.9. The molecular formula is C15H22FNO2S2. The number of aliphatic hydroxyl groups is 1. The van der Waals surface area contributed by atoms with Crippen LogP contribution in [0.3, 0.4) is 0 Å². The predicted molar refractivity (Wildman–Crippen MR) is 89.0 cm³/mol. The highest BCUT2D eigenvalue weighted by Crippen LogP contribution is 2.14. The summed E-state index contributed by atoms with van der Waals surface area (Å²) in [5, 5.41) is 10.2. The predicted octanol–water partition coefficient (Wildman–Crippen LogP) is 2.94. The lowest BCUT2D eigenvalue weighted by Gasteiger charge is -2.28. The molecule has 1 rings (SSSR count). The van der Waals surface area contributed by atoms with Crippen molar-refractivity contribution in [2.24, 2.45) is 0 Å². The number of aliphatic hydroxyl groups excluding tert-OH is 1. The van der Waals surface area contributed by atoms with Gasteiger partial charge in [-0.3, -0.25) is 4.79 Å². The van der Waals surface area contributed by atoms with Crippen LogP contribution in [0.15, 0.2) is 24.3 Å². The molecule has 1 N–H and O–H groups in total. The van der Waals surface area contributed by atoms with Crippen molar-refractivity contribution < 1.29 is 14.3 Å². The number of rotatable bonds is 9. The van der Waals surface area contributed by atoms with E-state index in [-0.39, 0.29) is 24.7 Å². The maximum absolute atomic E-state index is 12.9. The van der Waals surface area contributed by atoms with E-state index in [1.165, 1.54) is 17.0 Å². The van der Waals surface area contributed by atoms with Crippen LogP contribution in [-0.4, -0.2) is 39.9 Å². The van der Waals surface area contributed by atoms with Crippen LogP contribution in [0, 0.1) is 5.82 Å². The first kappa shape index (κ1) is 18.3. The fraction of sp³-hybridized carbons (Fsp3) is 0.533. The van der Waals surface area contributed by atoms with Gasteiger partial charge in [0, 0.05) is 13.0 Å². The fourth-order valence-corrected chi connectivity index (χ4v) is 2.60. The van der Waals surface area contributed by atoms with E-state index in [4.69, 9.17) is 0 Å². The lowest BCUT2D eigenvalue weighted by atomic mass is 10.1. The quantitative estimate of drug-likeness (QED) is 0.415. The molecule has 0 saturated carbocycles. The lowest BCUT2D eigenvalue weighted by Crippen LogP contribution is -2.40. The van der Waals surface area contributed by atoms with Crippen molar-refractivity contribution in [2.45, 2.75) is 32.0 Å². The third kappa shape index (κ3) is 6.72. The summed E-state index contributed by atoms with van der Waals surface area (Å²) in [5.41, 5.74) is 0.799. The first-order valence-corrected chi connectivity index (χ1v) is 8.93. The molecule has 1 unspecified atom stereocenters. The van der Waals surface area contributed by atoms with Crippen molar-refractivity contribution in [1.29, 1.82) is 0 Å². The van der Waals surface area contributed by atoms with E-state index in [0.717, 1.165) is 17.7 Å². The average Bonchev–Trinajstić information content (AvgIpc) is 2.47. The Morgan fingerprint density at radius 1 is 1.43 bits per heavy atom. The number of amides is 1. The molecule has 1 aromatic carbocycles. The Bertz CT molecular complexity index is 428. The third-order valence-corrected chi connectivity index (χ3v) is 4.00. The van der Waals surface area contributed by atoms with Crippen molar-refractivity contribution in [2.75, 3.05) is 17.8 Å². The number of hydrogen-bond acceptors (Lipinski definition) is 4. The molecule has 0 aliphatic carbocycles. The Kier molecular flexibility index (Phi) is 8.80. The molecule has 0 aromatic heterocycles. The summed E-state index contributed by atoms with van der Waals surface area (Å²) in [4.78, 5) is 13.6. The van der Waals surface area contributed by atoms with E-state index in [2.05, 4.69) is 12.6 Å². The largest absolute Gasteiger partial charge is 0.374 e. The molecule has 1 amide bonds. The molecule has 1 aromatic rings. The zero-order valence-corrected chi connectivity index (χ0v) is 13.9. The average molecular weight is 331 g/mol. The monoisotopic (exact) mass is 331 g/mol. The fourth-order valence-electron chi connectivity index (χ4n) is 1.95. The number of hydrogen-bond donors (Lipinski definition) is 2. The minimum atomic E-state index is -0.811. The molecule has 3 nitrogen and oxygen atoms in total. The Labute approximate surface area is 135 Å². The SMILES string of the molecule is CSCCCC(O)N(Cc1ccc(F)cc1)C(=O)CCS. The number of thioether (sulfide) groups is 1.